The largest absolute Gasteiger partial charge is 0.369 e. The lowest BCUT2D eigenvalue weighted by Gasteiger charge is -2.09. The highest BCUT2D eigenvalue weighted by atomic mass is 79.9. The molecule has 3 nitrogen and oxygen atoms in total. The van der Waals surface area contributed by atoms with E-state index in [1.807, 2.05) is 6.07 Å². The maximum Gasteiger partial charge on any atom is 0.172 e. The van der Waals surface area contributed by atoms with E-state index >= 15 is 0 Å². The van der Waals surface area contributed by atoms with Crippen LogP contribution in [0.2, 0.25) is 5.02 Å². The average molecular weight is 338 g/mol. The lowest BCUT2D eigenvalue weighted by Crippen LogP contribution is -2.14. The molecule has 2 aromatic rings. The van der Waals surface area contributed by atoms with Crippen molar-refractivity contribution in [2.75, 3.05) is 11.9 Å². The van der Waals surface area contributed by atoms with Gasteiger partial charge < -0.3 is 5.32 Å². The van der Waals surface area contributed by atoms with Crippen molar-refractivity contribution in [1.29, 1.82) is 0 Å². The van der Waals surface area contributed by atoms with E-state index in [1.54, 1.807) is 30.5 Å². The summed E-state index contributed by atoms with van der Waals surface area (Å²) in [5.74, 6) is 0.680. The number of halogens is 2. The number of benzene rings is 1. The second kappa shape index (κ2) is 4.94. The smallest absolute Gasteiger partial charge is 0.172 e. The molecule has 1 atom stereocenters. The topological polar surface area (TPSA) is 42.0 Å². The van der Waals surface area contributed by atoms with Gasteiger partial charge >= 0.3 is 0 Å². The molecule has 1 aromatic heterocycles. The van der Waals surface area contributed by atoms with Crippen LogP contribution in [0, 0.1) is 0 Å². The summed E-state index contributed by atoms with van der Waals surface area (Å²) in [4.78, 5) is 16.8. The van der Waals surface area contributed by atoms with Crippen molar-refractivity contribution < 1.29 is 4.79 Å². The first-order valence-corrected chi connectivity index (χ1v) is 7.01. The predicted molar refractivity (Wildman–Crippen MR) is 79.0 cm³/mol. The van der Waals surface area contributed by atoms with Crippen LogP contribution in [0.1, 0.15) is 21.8 Å². The van der Waals surface area contributed by atoms with Crippen LogP contribution in [0.4, 0.5) is 5.82 Å². The molecular weight excluding hydrogens is 328 g/mol. The van der Waals surface area contributed by atoms with Crippen molar-refractivity contribution >= 4 is 39.1 Å². The van der Waals surface area contributed by atoms with Gasteiger partial charge in [0.05, 0.1) is 5.92 Å². The van der Waals surface area contributed by atoms with E-state index in [1.165, 1.54) is 0 Å². The number of aromatic nitrogens is 1. The Hall–Kier alpha value is -1.39. The van der Waals surface area contributed by atoms with Crippen molar-refractivity contribution in [3.05, 3.63) is 57.2 Å². The van der Waals surface area contributed by atoms with Crippen molar-refractivity contribution in [3.63, 3.8) is 0 Å². The highest BCUT2D eigenvalue weighted by molar-refractivity contribution is 9.10. The van der Waals surface area contributed by atoms with Gasteiger partial charge in [-0.1, -0.05) is 11.6 Å². The second-order valence-corrected chi connectivity index (χ2v) is 5.75. The van der Waals surface area contributed by atoms with Gasteiger partial charge in [-0.15, -0.1) is 0 Å². The molecule has 0 saturated carbocycles. The third-order valence-corrected chi connectivity index (χ3v) is 3.86. The summed E-state index contributed by atoms with van der Waals surface area (Å²) in [5, 5.41) is 3.79. The van der Waals surface area contributed by atoms with Gasteiger partial charge in [-0.2, -0.15) is 0 Å². The Morgan fingerprint density at radius 3 is 2.84 bits per heavy atom. The van der Waals surface area contributed by atoms with Crippen LogP contribution in [0.25, 0.3) is 0 Å². The number of carbonyl (C=O) groups is 1. The molecule has 1 N–H and O–H groups in total. The van der Waals surface area contributed by atoms with Crippen molar-refractivity contribution in [1.82, 2.24) is 4.98 Å². The number of fused-ring (bicyclic) bond motifs is 1. The molecule has 0 fully saturated rings. The molecule has 1 aromatic carbocycles. The molecule has 0 bridgehead atoms. The third-order valence-electron chi connectivity index (χ3n) is 3.18. The molecule has 0 radical (unpaired) electrons. The second-order valence-electron chi connectivity index (χ2n) is 4.40. The SMILES string of the molecule is O=C(c1ccc(Cl)cc1)C1CNc2ncc(Br)cc21. The van der Waals surface area contributed by atoms with Gasteiger partial charge in [-0.3, -0.25) is 4.79 Å². The molecule has 1 unspecified atom stereocenters. The van der Waals surface area contributed by atoms with Gasteiger partial charge in [-0.05, 0) is 46.3 Å². The number of hydrogen-bond donors (Lipinski definition) is 1. The number of hydrogen-bond acceptors (Lipinski definition) is 3. The molecule has 3 rings (SSSR count). The fraction of sp³-hybridized carbons (Fsp3) is 0.143. The Kier molecular flexibility index (Phi) is 3.29. The lowest BCUT2D eigenvalue weighted by molar-refractivity contribution is 0.0966. The Labute approximate surface area is 124 Å². The quantitative estimate of drug-likeness (QED) is 0.845. The minimum atomic E-state index is -0.193. The molecule has 1 aliphatic heterocycles. The lowest BCUT2D eigenvalue weighted by atomic mass is 9.93. The maximum atomic E-state index is 12.5. The minimum absolute atomic E-state index is 0.0859. The van der Waals surface area contributed by atoms with Gasteiger partial charge in [0.15, 0.2) is 5.78 Å². The number of pyridine rings is 1. The molecule has 1 aliphatic rings. The maximum absolute atomic E-state index is 12.5. The summed E-state index contributed by atoms with van der Waals surface area (Å²) in [6.07, 6.45) is 1.72. The highest BCUT2D eigenvalue weighted by Gasteiger charge is 2.30. The summed E-state index contributed by atoms with van der Waals surface area (Å²) >= 11 is 9.23. The van der Waals surface area contributed by atoms with Gasteiger partial charge in [0.25, 0.3) is 0 Å². The van der Waals surface area contributed by atoms with Crippen molar-refractivity contribution in [2.24, 2.45) is 0 Å². The van der Waals surface area contributed by atoms with Crippen LogP contribution >= 0.6 is 27.5 Å². The molecular formula is C14H10BrClN2O. The Balaban J connectivity index is 1.95. The molecule has 19 heavy (non-hydrogen) atoms. The van der Waals surface area contributed by atoms with Crippen LogP contribution in [-0.2, 0) is 0 Å². The van der Waals surface area contributed by atoms with Crippen molar-refractivity contribution in [3.8, 4) is 0 Å². The van der Waals surface area contributed by atoms with Gasteiger partial charge in [0.1, 0.15) is 5.82 Å². The number of ketones is 1. The monoisotopic (exact) mass is 336 g/mol. The van der Waals surface area contributed by atoms with Crippen LogP contribution in [0.3, 0.4) is 0 Å². The first-order chi connectivity index (χ1) is 9.15. The van der Waals surface area contributed by atoms with Gasteiger partial charge in [0, 0.05) is 33.4 Å². The van der Waals surface area contributed by atoms with Gasteiger partial charge in [0.2, 0.25) is 0 Å². The summed E-state index contributed by atoms with van der Waals surface area (Å²) in [5.41, 5.74) is 1.61. The average Bonchev–Trinajstić information content (AvgIpc) is 2.81. The van der Waals surface area contributed by atoms with E-state index in [0.717, 1.165) is 15.9 Å². The Bertz CT molecular complexity index is 642. The minimum Gasteiger partial charge on any atom is -0.369 e. The number of anilines is 1. The molecule has 0 aliphatic carbocycles. The van der Waals surface area contributed by atoms with Gasteiger partial charge in [-0.25, -0.2) is 4.98 Å². The summed E-state index contributed by atoms with van der Waals surface area (Å²) in [7, 11) is 0. The predicted octanol–water partition coefficient (Wildman–Crippen LogP) is 3.89. The molecule has 2 heterocycles. The van der Waals surface area contributed by atoms with Crippen LogP contribution < -0.4 is 5.32 Å². The number of nitrogens with one attached hydrogen (secondary N) is 1. The number of carbonyl (C=O) groups excluding carboxylic acids is 1. The van der Waals surface area contributed by atoms with E-state index in [2.05, 4.69) is 26.2 Å². The Morgan fingerprint density at radius 2 is 2.11 bits per heavy atom. The number of Topliss-reactive ketones (excluding diaryl/α,β-unsaturated/α-hetero) is 1. The number of rotatable bonds is 2. The van der Waals surface area contributed by atoms with E-state index in [-0.39, 0.29) is 11.7 Å². The molecule has 0 amide bonds. The molecule has 96 valence electrons. The van der Waals surface area contributed by atoms with Crippen LogP contribution in [0.5, 0.6) is 0 Å². The highest BCUT2D eigenvalue weighted by Crippen LogP contribution is 2.33. The standard InChI is InChI=1S/C14H10BrClN2O/c15-9-5-11-12(7-18-14(11)17-6-9)13(19)8-1-3-10(16)4-2-8/h1-6,12H,7H2,(H,17,18). The zero-order chi connectivity index (χ0) is 13.4. The van der Waals surface area contributed by atoms with E-state index < -0.39 is 0 Å². The summed E-state index contributed by atoms with van der Waals surface area (Å²) < 4.78 is 0.879. The normalized spacial score (nSPS) is 16.8. The molecule has 5 heteroatoms. The first-order valence-electron chi connectivity index (χ1n) is 5.84. The number of nitrogens with zero attached hydrogens (tertiary/aromatic N) is 1. The van der Waals surface area contributed by atoms with Crippen molar-refractivity contribution in [2.45, 2.75) is 5.92 Å². The molecule has 0 spiro atoms. The zero-order valence-electron chi connectivity index (χ0n) is 9.86. The van der Waals surface area contributed by atoms with E-state index in [9.17, 15) is 4.79 Å². The van der Waals surface area contributed by atoms with Crippen LogP contribution in [-0.4, -0.2) is 17.3 Å². The molecule has 0 saturated heterocycles. The Morgan fingerprint density at radius 1 is 1.37 bits per heavy atom. The summed E-state index contributed by atoms with van der Waals surface area (Å²) in [6.45, 7) is 0.584. The zero-order valence-corrected chi connectivity index (χ0v) is 12.2. The summed E-state index contributed by atoms with van der Waals surface area (Å²) in [6, 6.07) is 8.93. The third kappa shape index (κ3) is 2.38. The van der Waals surface area contributed by atoms with Crippen LogP contribution in [0.15, 0.2) is 41.0 Å². The first kappa shape index (κ1) is 12.6. The fourth-order valence-corrected chi connectivity index (χ4v) is 2.70. The van der Waals surface area contributed by atoms with E-state index in [0.29, 0.717) is 17.1 Å². The van der Waals surface area contributed by atoms with E-state index in [4.69, 9.17) is 11.6 Å². The fourth-order valence-electron chi connectivity index (χ4n) is 2.23.